The summed E-state index contributed by atoms with van der Waals surface area (Å²) in [6, 6.07) is 13.4. The van der Waals surface area contributed by atoms with Gasteiger partial charge in [0.25, 0.3) is 0 Å². The predicted molar refractivity (Wildman–Crippen MR) is 78.2 cm³/mol. The monoisotopic (exact) mass is 288 g/mol. The molecule has 0 bridgehead atoms. The first-order valence-electron chi connectivity index (χ1n) is 5.99. The third kappa shape index (κ3) is 4.18. The number of halogens is 1. The zero-order valence-electron chi connectivity index (χ0n) is 10.7. The SMILES string of the molecule is N#Cc1ccc(OCCSc2cc(N)cc(F)c2)cc1. The van der Waals surface area contributed by atoms with Gasteiger partial charge in [0.05, 0.1) is 18.2 Å². The molecule has 2 aromatic rings. The topological polar surface area (TPSA) is 59.0 Å². The van der Waals surface area contributed by atoms with E-state index in [0.717, 1.165) is 4.90 Å². The van der Waals surface area contributed by atoms with Crippen LogP contribution in [-0.2, 0) is 0 Å². The summed E-state index contributed by atoms with van der Waals surface area (Å²) in [5, 5.41) is 8.68. The lowest BCUT2D eigenvalue weighted by Crippen LogP contribution is -2.00. The average molecular weight is 288 g/mol. The molecule has 2 aromatic carbocycles. The van der Waals surface area contributed by atoms with Gasteiger partial charge >= 0.3 is 0 Å². The van der Waals surface area contributed by atoms with Crippen LogP contribution in [0, 0.1) is 17.1 Å². The first kappa shape index (κ1) is 14.2. The van der Waals surface area contributed by atoms with E-state index in [2.05, 4.69) is 0 Å². The van der Waals surface area contributed by atoms with Crippen molar-refractivity contribution in [3.8, 4) is 11.8 Å². The Bertz CT molecular complexity index is 603. The van der Waals surface area contributed by atoms with Crippen LogP contribution in [0.25, 0.3) is 0 Å². The van der Waals surface area contributed by atoms with Crippen LogP contribution in [0.1, 0.15) is 5.56 Å². The standard InChI is InChI=1S/C15H13FN2OS/c16-12-7-13(18)9-15(8-12)20-6-5-19-14-3-1-11(10-17)2-4-14/h1-4,7-9H,5-6,18H2. The number of nitrogens with two attached hydrogens (primary N) is 1. The Morgan fingerprint density at radius 2 is 1.95 bits per heavy atom. The molecule has 2 rings (SSSR count). The predicted octanol–water partition coefficient (Wildman–Crippen LogP) is 3.45. The Morgan fingerprint density at radius 1 is 1.20 bits per heavy atom. The molecule has 0 atom stereocenters. The van der Waals surface area contributed by atoms with Crippen LogP contribution in [0.3, 0.4) is 0 Å². The maximum Gasteiger partial charge on any atom is 0.126 e. The van der Waals surface area contributed by atoms with Gasteiger partial charge in [0.1, 0.15) is 11.6 Å². The van der Waals surface area contributed by atoms with E-state index in [1.807, 2.05) is 6.07 Å². The minimum absolute atomic E-state index is 0.333. The summed E-state index contributed by atoms with van der Waals surface area (Å²) in [5.74, 6) is 1.06. The molecule has 2 N–H and O–H groups in total. The zero-order valence-corrected chi connectivity index (χ0v) is 11.5. The van der Waals surface area contributed by atoms with E-state index < -0.39 is 0 Å². The van der Waals surface area contributed by atoms with Crippen molar-refractivity contribution in [2.75, 3.05) is 18.1 Å². The molecule has 102 valence electrons. The second kappa shape index (κ2) is 6.83. The van der Waals surface area contributed by atoms with Gasteiger partial charge in [-0.3, -0.25) is 0 Å². The minimum Gasteiger partial charge on any atom is -0.493 e. The van der Waals surface area contributed by atoms with E-state index in [4.69, 9.17) is 15.7 Å². The molecule has 0 radical (unpaired) electrons. The number of rotatable bonds is 5. The van der Waals surface area contributed by atoms with Crippen LogP contribution in [0.2, 0.25) is 0 Å². The third-order valence-corrected chi connectivity index (χ3v) is 3.44. The van der Waals surface area contributed by atoms with Gasteiger partial charge in [-0.2, -0.15) is 5.26 Å². The molecule has 0 aliphatic rings. The highest BCUT2D eigenvalue weighted by Gasteiger charge is 2.00. The molecule has 20 heavy (non-hydrogen) atoms. The van der Waals surface area contributed by atoms with Crippen LogP contribution in [0.15, 0.2) is 47.4 Å². The lowest BCUT2D eigenvalue weighted by molar-refractivity contribution is 0.344. The molecule has 0 spiro atoms. The molecular weight excluding hydrogens is 275 g/mol. The normalized spacial score (nSPS) is 10.0. The molecule has 0 heterocycles. The van der Waals surface area contributed by atoms with E-state index in [0.29, 0.717) is 29.4 Å². The summed E-state index contributed by atoms with van der Waals surface area (Å²) in [4.78, 5) is 0.783. The Kier molecular flexibility index (Phi) is 4.85. The fourth-order valence-electron chi connectivity index (χ4n) is 1.61. The van der Waals surface area contributed by atoms with Gasteiger partial charge in [0.2, 0.25) is 0 Å². The first-order chi connectivity index (χ1) is 9.67. The molecule has 5 heteroatoms. The van der Waals surface area contributed by atoms with Crippen molar-refractivity contribution in [1.29, 1.82) is 5.26 Å². The molecule has 0 aromatic heterocycles. The largest absolute Gasteiger partial charge is 0.493 e. The summed E-state index contributed by atoms with van der Waals surface area (Å²) in [7, 11) is 0. The second-order valence-electron chi connectivity index (χ2n) is 4.05. The van der Waals surface area contributed by atoms with Gasteiger partial charge in [-0.15, -0.1) is 11.8 Å². The Labute approximate surface area is 121 Å². The van der Waals surface area contributed by atoms with Gasteiger partial charge in [0.15, 0.2) is 0 Å². The Morgan fingerprint density at radius 3 is 2.60 bits per heavy atom. The number of nitriles is 1. The van der Waals surface area contributed by atoms with E-state index in [-0.39, 0.29) is 5.82 Å². The minimum atomic E-state index is -0.333. The van der Waals surface area contributed by atoms with Crippen LogP contribution in [0.4, 0.5) is 10.1 Å². The molecule has 0 saturated heterocycles. The van der Waals surface area contributed by atoms with Gasteiger partial charge in [-0.05, 0) is 42.5 Å². The second-order valence-corrected chi connectivity index (χ2v) is 5.22. The highest BCUT2D eigenvalue weighted by atomic mass is 32.2. The van der Waals surface area contributed by atoms with Crippen LogP contribution >= 0.6 is 11.8 Å². The van der Waals surface area contributed by atoms with Gasteiger partial charge in [-0.25, -0.2) is 4.39 Å². The highest BCUT2D eigenvalue weighted by Crippen LogP contribution is 2.22. The third-order valence-electron chi connectivity index (χ3n) is 2.50. The molecule has 3 nitrogen and oxygen atoms in total. The maximum absolute atomic E-state index is 13.1. The van der Waals surface area contributed by atoms with Crippen molar-refractivity contribution in [3.63, 3.8) is 0 Å². The van der Waals surface area contributed by atoms with Crippen LogP contribution in [0.5, 0.6) is 5.75 Å². The molecule has 0 amide bonds. The lowest BCUT2D eigenvalue weighted by Gasteiger charge is -2.06. The van der Waals surface area contributed by atoms with Crippen LogP contribution < -0.4 is 10.5 Å². The van der Waals surface area contributed by atoms with Gasteiger partial charge in [-0.1, -0.05) is 0 Å². The van der Waals surface area contributed by atoms with Crippen molar-refractivity contribution in [2.24, 2.45) is 0 Å². The van der Waals surface area contributed by atoms with E-state index in [9.17, 15) is 4.39 Å². The summed E-state index contributed by atoms with van der Waals surface area (Å²) in [5.41, 5.74) is 6.59. The van der Waals surface area contributed by atoms with Crippen molar-refractivity contribution >= 4 is 17.4 Å². The number of anilines is 1. The fraction of sp³-hybridized carbons (Fsp3) is 0.133. The number of nitrogens with zero attached hydrogens (tertiary/aromatic N) is 1. The Balaban J connectivity index is 1.79. The summed E-state index contributed by atoms with van der Waals surface area (Å²) >= 11 is 1.48. The molecule has 0 aliphatic heterocycles. The van der Waals surface area contributed by atoms with Crippen molar-refractivity contribution in [1.82, 2.24) is 0 Å². The van der Waals surface area contributed by atoms with E-state index >= 15 is 0 Å². The summed E-state index contributed by atoms with van der Waals surface area (Å²) in [6.45, 7) is 0.493. The number of hydrogen-bond acceptors (Lipinski definition) is 4. The van der Waals surface area contributed by atoms with E-state index in [1.54, 1.807) is 30.3 Å². The summed E-state index contributed by atoms with van der Waals surface area (Å²) < 4.78 is 18.7. The number of nitrogen functional groups attached to an aromatic ring is 1. The van der Waals surface area contributed by atoms with Crippen molar-refractivity contribution in [3.05, 3.63) is 53.8 Å². The molecule has 0 fully saturated rings. The number of ether oxygens (including phenoxy) is 1. The first-order valence-corrected chi connectivity index (χ1v) is 6.98. The molecule has 0 aliphatic carbocycles. The van der Waals surface area contributed by atoms with Crippen LogP contribution in [-0.4, -0.2) is 12.4 Å². The lowest BCUT2D eigenvalue weighted by atomic mass is 10.2. The van der Waals surface area contributed by atoms with Crippen molar-refractivity contribution < 1.29 is 9.13 Å². The molecule has 0 saturated carbocycles. The fourth-order valence-corrected chi connectivity index (χ4v) is 2.43. The molecule has 0 unspecified atom stereocenters. The van der Waals surface area contributed by atoms with Crippen molar-refractivity contribution in [2.45, 2.75) is 4.90 Å². The molecular formula is C15H13FN2OS. The maximum atomic E-state index is 13.1. The zero-order chi connectivity index (χ0) is 14.4. The highest BCUT2D eigenvalue weighted by molar-refractivity contribution is 7.99. The number of hydrogen-bond donors (Lipinski definition) is 1. The van der Waals surface area contributed by atoms with E-state index in [1.165, 1.54) is 23.9 Å². The Hall–Kier alpha value is -2.19. The number of benzene rings is 2. The van der Waals surface area contributed by atoms with Gasteiger partial charge < -0.3 is 10.5 Å². The summed E-state index contributed by atoms with van der Waals surface area (Å²) in [6.07, 6.45) is 0. The smallest absolute Gasteiger partial charge is 0.126 e. The van der Waals surface area contributed by atoms with Gasteiger partial charge in [0, 0.05) is 16.3 Å². The quantitative estimate of drug-likeness (QED) is 0.520. The average Bonchev–Trinajstić information content (AvgIpc) is 2.43. The number of thioether (sulfide) groups is 1.